The van der Waals surface area contributed by atoms with E-state index >= 15 is 0 Å². The van der Waals surface area contributed by atoms with E-state index in [1.54, 1.807) is 10.7 Å². The van der Waals surface area contributed by atoms with E-state index in [0.717, 1.165) is 28.8 Å². The molecule has 17 heavy (non-hydrogen) atoms. The van der Waals surface area contributed by atoms with Crippen LogP contribution in [0.2, 0.25) is 0 Å². The first-order valence-corrected chi connectivity index (χ1v) is 6.20. The summed E-state index contributed by atoms with van der Waals surface area (Å²) in [6.45, 7) is 0. The van der Waals surface area contributed by atoms with E-state index < -0.39 is 0 Å². The summed E-state index contributed by atoms with van der Waals surface area (Å²) in [6.07, 6.45) is 3.85. The minimum Gasteiger partial charge on any atom is -0.384 e. The summed E-state index contributed by atoms with van der Waals surface area (Å²) in [5.74, 6) is 1.87. The predicted octanol–water partition coefficient (Wildman–Crippen LogP) is 1.22. The topological polar surface area (TPSA) is 82.5 Å². The Balaban J connectivity index is 1.89. The molecule has 7 heteroatoms. The third-order valence-corrected chi connectivity index (χ3v) is 3.52. The molecular formula is C10H12N6S. The molecule has 6 nitrogen and oxygen atoms in total. The molecule has 3 rings (SSSR count). The minimum absolute atomic E-state index is 0.498. The van der Waals surface area contributed by atoms with E-state index in [-0.39, 0.29) is 0 Å². The fourth-order valence-electron chi connectivity index (χ4n) is 1.51. The van der Waals surface area contributed by atoms with Crippen molar-refractivity contribution in [2.24, 2.45) is 7.05 Å². The Bertz CT molecular complexity index is 547. The first-order chi connectivity index (χ1) is 8.22. The molecule has 0 bridgehead atoms. The van der Waals surface area contributed by atoms with Crippen LogP contribution < -0.4 is 5.73 Å². The Morgan fingerprint density at radius 1 is 1.41 bits per heavy atom. The largest absolute Gasteiger partial charge is 0.384 e. The zero-order chi connectivity index (χ0) is 11.8. The second-order valence-electron chi connectivity index (χ2n) is 4.03. The molecular weight excluding hydrogens is 236 g/mol. The molecule has 2 N–H and O–H groups in total. The van der Waals surface area contributed by atoms with Crippen LogP contribution >= 0.6 is 11.8 Å². The number of rotatable bonds is 3. The fourth-order valence-corrected chi connectivity index (χ4v) is 2.29. The summed E-state index contributed by atoms with van der Waals surface area (Å²) in [6, 6.07) is 1.77. The van der Waals surface area contributed by atoms with Crippen molar-refractivity contribution < 1.29 is 0 Å². The van der Waals surface area contributed by atoms with Crippen LogP contribution in [0.1, 0.15) is 24.6 Å². The van der Waals surface area contributed by atoms with Gasteiger partial charge < -0.3 is 5.73 Å². The molecule has 1 saturated carbocycles. The Morgan fingerprint density at radius 2 is 2.24 bits per heavy atom. The zero-order valence-corrected chi connectivity index (χ0v) is 10.2. The Kier molecular flexibility index (Phi) is 2.47. The summed E-state index contributed by atoms with van der Waals surface area (Å²) in [5, 5.41) is 5.64. The quantitative estimate of drug-likeness (QED) is 0.822. The molecule has 0 amide bonds. The highest BCUT2D eigenvalue weighted by Crippen LogP contribution is 2.39. The molecule has 2 heterocycles. The van der Waals surface area contributed by atoms with Gasteiger partial charge in [-0.1, -0.05) is 0 Å². The molecule has 1 fully saturated rings. The average molecular weight is 248 g/mol. The summed E-state index contributed by atoms with van der Waals surface area (Å²) in [5.41, 5.74) is 5.78. The average Bonchev–Trinajstić information content (AvgIpc) is 3.05. The summed E-state index contributed by atoms with van der Waals surface area (Å²) in [7, 11) is 1.85. The van der Waals surface area contributed by atoms with Crippen molar-refractivity contribution >= 4 is 17.6 Å². The molecule has 0 unspecified atom stereocenters. The zero-order valence-electron chi connectivity index (χ0n) is 9.37. The third-order valence-electron chi connectivity index (χ3n) is 2.55. The molecule has 2 aromatic heterocycles. The van der Waals surface area contributed by atoms with Gasteiger partial charge in [0.15, 0.2) is 5.16 Å². The van der Waals surface area contributed by atoms with Gasteiger partial charge >= 0.3 is 0 Å². The number of nitrogen functional groups attached to an aromatic ring is 1. The highest BCUT2D eigenvalue weighted by Gasteiger charge is 2.27. The smallest absolute Gasteiger partial charge is 0.192 e. The van der Waals surface area contributed by atoms with Gasteiger partial charge in [-0.2, -0.15) is 5.10 Å². The SMILES string of the molecule is Cn1ncnc1Sc1cc(N)nc(C2CC2)n1. The van der Waals surface area contributed by atoms with Gasteiger partial charge in [0.1, 0.15) is 23.0 Å². The number of hydrogen-bond donors (Lipinski definition) is 1. The van der Waals surface area contributed by atoms with Crippen LogP contribution in [0.3, 0.4) is 0 Å². The van der Waals surface area contributed by atoms with Gasteiger partial charge in [0, 0.05) is 19.0 Å². The molecule has 1 aliphatic rings. The Hall–Kier alpha value is -1.63. The van der Waals surface area contributed by atoms with Crippen molar-refractivity contribution in [1.82, 2.24) is 24.7 Å². The molecule has 0 atom stereocenters. The van der Waals surface area contributed by atoms with E-state index in [0.29, 0.717) is 11.7 Å². The van der Waals surface area contributed by atoms with Crippen molar-refractivity contribution in [3.63, 3.8) is 0 Å². The standard InChI is InChI=1S/C10H12N6S/c1-16-10(12-5-13-16)17-8-4-7(11)14-9(15-8)6-2-3-6/h4-6H,2-3H2,1H3,(H2,11,14,15). The summed E-state index contributed by atoms with van der Waals surface area (Å²) >= 11 is 1.45. The van der Waals surface area contributed by atoms with E-state index in [1.807, 2.05) is 7.05 Å². The molecule has 0 saturated heterocycles. The normalized spacial score (nSPS) is 15.1. The number of aryl methyl sites for hydroxylation is 1. The van der Waals surface area contributed by atoms with Gasteiger partial charge in [0.05, 0.1) is 0 Å². The van der Waals surface area contributed by atoms with Crippen molar-refractivity contribution in [2.45, 2.75) is 28.9 Å². The lowest BCUT2D eigenvalue weighted by Gasteiger charge is -2.03. The Morgan fingerprint density at radius 3 is 2.88 bits per heavy atom. The van der Waals surface area contributed by atoms with Crippen molar-refractivity contribution in [1.29, 1.82) is 0 Å². The summed E-state index contributed by atoms with van der Waals surface area (Å²) in [4.78, 5) is 12.9. The van der Waals surface area contributed by atoms with Crippen LogP contribution in [0.4, 0.5) is 5.82 Å². The fraction of sp³-hybridized carbons (Fsp3) is 0.400. The maximum Gasteiger partial charge on any atom is 0.192 e. The number of hydrogen-bond acceptors (Lipinski definition) is 6. The van der Waals surface area contributed by atoms with Gasteiger partial charge in [-0.3, -0.25) is 0 Å². The van der Waals surface area contributed by atoms with Crippen LogP contribution in [0.5, 0.6) is 0 Å². The Labute approximate surface area is 103 Å². The van der Waals surface area contributed by atoms with Crippen LogP contribution in [0.15, 0.2) is 22.6 Å². The maximum absolute atomic E-state index is 5.78. The van der Waals surface area contributed by atoms with Crippen LogP contribution in [0.25, 0.3) is 0 Å². The third kappa shape index (κ3) is 2.23. The lowest BCUT2D eigenvalue weighted by molar-refractivity contribution is 0.684. The number of nitrogens with zero attached hydrogens (tertiary/aromatic N) is 5. The number of anilines is 1. The van der Waals surface area contributed by atoms with E-state index in [2.05, 4.69) is 20.1 Å². The molecule has 0 aromatic carbocycles. The molecule has 0 spiro atoms. The van der Waals surface area contributed by atoms with E-state index in [9.17, 15) is 0 Å². The van der Waals surface area contributed by atoms with Gasteiger partial charge in [-0.25, -0.2) is 19.6 Å². The number of nitrogens with two attached hydrogens (primary N) is 1. The molecule has 1 aliphatic carbocycles. The van der Waals surface area contributed by atoms with Gasteiger partial charge in [-0.05, 0) is 24.6 Å². The van der Waals surface area contributed by atoms with Crippen molar-refractivity contribution in [3.8, 4) is 0 Å². The van der Waals surface area contributed by atoms with E-state index in [1.165, 1.54) is 18.1 Å². The van der Waals surface area contributed by atoms with Crippen LogP contribution in [0, 0.1) is 0 Å². The summed E-state index contributed by atoms with van der Waals surface area (Å²) < 4.78 is 1.71. The van der Waals surface area contributed by atoms with Gasteiger partial charge in [0.2, 0.25) is 0 Å². The second-order valence-corrected chi connectivity index (χ2v) is 5.02. The van der Waals surface area contributed by atoms with E-state index in [4.69, 9.17) is 5.73 Å². The van der Waals surface area contributed by atoms with Crippen LogP contribution in [-0.4, -0.2) is 24.7 Å². The minimum atomic E-state index is 0.498. The molecule has 88 valence electrons. The van der Waals surface area contributed by atoms with Gasteiger partial charge in [-0.15, -0.1) is 0 Å². The van der Waals surface area contributed by atoms with Crippen molar-refractivity contribution in [2.75, 3.05) is 5.73 Å². The molecule has 0 radical (unpaired) electrons. The van der Waals surface area contributed by atoms with Gasteiger partial charge in [0.25, 0.3) is 0 Å². The van der Waals surface area contributed by atoms with Crippen LogP contribution in [-0.2, 0) is 7.05 Å². The van der Waals surface area contributed by atoms with Crippen molar-refractivity contribution in [3.05, 3.63) is 18.2 Å². The molecule has 0 aliphatic heterocycles. The lowest BCUT2D eigenvalue weighted by Crippen LogP contribution is -2.00. The first kappa shape index (κ1) is 10.5. The number of aromatic nitrogens is 5. The highest BCUT2D eigenvalue weighted by molar-refractivity contribution is 7.99. The monoisotopic (exact) mass is 248 g/mol. The highest BCUT2D eigenvalue weighted by atomic mass is 32.2. The first-order valence-electron chi connectivity index (χ1n) is 5.38. The maximum atomic E-state index is 5.78. The predicted molar refractivity (Wildman–Crippen MR) is 63.5 cm³/mol. The second kappa shape index (κ2) is 3.99. The molecule has 2 aromatic rings. The lowest BCUT2D eigenvalue weighted by atomic mass is 10.4.